The van der Waals surface area contributed by atoms with Crippen LogP contribution in [-0.2, 0) is 14.3 Å². The van der Waals surface area contributed by atoms with Crippen molar-refractivity contribution in [1.82, 2.24) is 0 Å². The molecule has 0 fully saturated rings. The molecule has 50 valence electrons. The van der Waals surface area contributed by atoms with Gasteiger partial charge in [-0.1, -0.05) is 12.7 Å². The highest BCUT2D eigenvalue weighted by molar-refractivity contribution is 6.32. The SMILES string of the molecule is C=CCOC(=O)C(C)=O. The number of esters is 1. The summed E-state index contributed by atoms with van der Waals surface area (Å²) in [7, 11) is 0. The first kappa shape index (κ1) is 7.88. The molecule has 3 heteroatoms. The smallest absolute Gasteiger partial charge is 0.374 e. The van der Waals surface area contributed by atoms with E-state index in [9.17, 15) is 9.59 Å². The van der Waals surface area contributed by atoms with E-state index < -0.39 is 11.8 Å². The summed E-state index contributed by atoms with van der Waals surface area (Å²) in [5.74, 6) is -1.40. The highest BCUT2D eigenvalue weighted by Crippen LogP contribution is 1.79. The third-order valence-corrected chi connectivity index (χ3v) is 0.620. The van der Waals surface area contributed by atoms with Crippen LogP contribution in [0, 0.1) is 0 Å². The summed E-state index contributed by atoms with van der Waals surface area (Å²) < 4.78 is 4.35. The summed E-state index contributed by atoms with van der Waals surface area (Å²) in [4.78, 5) is 20.4. The van der Waals surface area contributed by atoms with E-state index in [4.69, 9.17) is 0 Å². The Morgan fingerprint density at radius 2 is 2.22 bits per heavy atom. The first-order valence-electron chi connectivity index (χ1n) is 2.47. The van der Waals surface area contributed by atoms with Gasteiger partial charge in [-0.25, -0.2) is 4.79 Å². The lowest BCUT2D eigenvalue weighted by Crippen LogP contribution is -2.13. The van der Waals surface area contributed by atoms with Gasteiger partial charge in [0.1, 0.15) is 6.61 Å². The molecule has 0 aromatic rings. The maximum absolute atomic E-state index is 10.3. The Bertz CT molecular complexity index is 137. The van der Waals surface area contributed by atoms with Crippen LogP contribution < -0.4 is 0 Å². The van der Waals surface area contributed by atoms with E-state index in [1.165, 1.54) is 6.08 Å². The highest BCUT2D eigenvalue weighted by Gasteiger charge is 2.05. The molecule has 0 aromatic carbocycles. The molecule has 0 radical (unpaired) electrons. The monoisotopic (exact) mass is 128 g/mol. The number of ether oxygens (including phenoxy) is 1. The molecule has 0 aromatic heterocycles. The van der Waals surface area contributed by atoms with E-state index >= 15 is 0 Å². The third kappa shape index (κ3) is 3.46. The molecule has 0 bridgehead atoms. The lowest BCUT2D eigenvalue weighted by molar-refractivity contribution is -0.151. The normalized spacial score (nSPS) is 8.11. The summed E-state index contributed by atoms with van der Waals surface area (Å²) in [6.45, 7) is 4.56. The lowest BCUT2D eigenvalue weighted by atomic mass is 10.5. The van der Waals surface area contributed by atoms with Crippen LogP contribution in [0.1, 0.15) is 6.92 Å². The van der Waals surface area contributed by atoms with Crippen molar-refractivity contribution in [1.29, 1.82) is 0 Å². The van der Waals surface area contributed by atoms with Crippen molar-refractivity contribution < 1.29 is 14.3 Å². The number of Topliss-reactive ketones (excluding diaryl/α,β-unsaturated/α-hetero) is 1. The van der Waals surface area contributed by atoms with Crippen molar-refractivity contribution in [3.05, 3.63) is 12.7 Å². The van der Waals surface area contributed by atoms with Crippen molar-refractivity contribution in [3.8, 4) is 0 Å². The van der Waals surface area contributed by atoms with Gasteiger partial charge >= 0.3 is 5.97 Å². The zero-order valence-corrected chi connectivity index (χ0v) is 5.22. The van der Waals surface area contributed by atoms with Gasteiger partial charge in [0.25, 0.3) is 0 Å². The molecule has 0 aliphatic carbocycles. The molecule has 0 spiro atoms. The van der Waals surface area contributed by atoms with Gasteiger partial charge in [0.05, 0.1) is 0 Å². The van der Waals surface area contributed by atoms with E-state index in [0.717, 1.165) is 6.92 Å². The average molecular weight is 128 g/mol. The first-order chi connectivity index (χ1) is 4.18. The maximum Gasteiger partial charge on any atom is 0.374 e. The molecule has 0 N–H and O–H groups in total. The van der Waals surface area contributed by atoms with E-state index in [2.05, 4.69) is 11.3 Å². The van der Waals surface area contributed by atoms with Crippen molar-refractivity contribution in [3.63, 3.8) is 0 Å². The zero-order valence-electron chi connectivity index (χ0n) is 5.22. The summed E-state index contributed by atoms with van der Waals surface area (Å²) >= 11 is 0. The van der Waals surface area contributed by atoms with Crippen LogP contribution in [0.4, 0.5) is 0 Å². The summed E-state index contributed by atoms with van der Waals surface area (Å²) in [6.07, 6.45) is 1.40. The fraction of sp³-hybridized carbons (Fsp3) is 0.333. The second-order valence-electron chi connectivity index (χ2n) is 1.44. The fourth-order valence-corrected chi connectivity index (χ4v) is 0.236. The van der Waals surface area contributed by atoms with Gasteiger partial charge in [-0.05, 0) is 0 Å². The van der Waals surface area contributed by atoms with Crippen LogP contribution in [0.15, 0.2) is 12.7 Å². The predicted molar refractivity (Wildman–Crippen MR) is 31.8 cm³/mol. The molecule has 0 saturated heterocycles. The van der Waals surface area contributed by atoms with E-state index in [0.29, 0.717) is 0 Å². The second kappa shape index (κ2) is 3.83. The first-order valence-corrected chi connectivity index (χ1v) is 2.47. The van der Waals surface area contributed by atoms with Crippen LogP contribution in [0.3, 0.4) is 0 Å². The van der Waals surface area contributed by atoms with Gasteiger partial charge in [-0.2, -0.15) is 0 Å². The number of ketones is 1. The number of carbonyl (C=O) groups is 2. The van der Waals surface area contributed by atoms with Gasteiger partial charge in [0, 0.05) is 6.92 Å². The summed E-state index contributed by atoms with van der Waals surface area (Å²) in [5, 5.41) is 0. The number of hydrogen-bond acceptors (Lipinski definition) is 3. The maximum atomic E-state index is 10.3. The van der Waals surface area contributed by atoms with Gasteiger partial charge < -0.3 is 4.74 Å². The van der Waals surface area contributed by atoms with E-state index in [1.54, 1.807) is 0 Å². The molecule has 0 rings (SSSR count). The quantitative estimate of drug-likeness (QED) is 0.312. The average Bonchev–Trinajstić information content (AvgIpc) is 1.82. The zero-order chi connectivity index (χ0) is 7.28. The molecule has 0 atom stereocenters. The predicted octanol–water partition coefficient (Wildman–Crippen LogP) is 0.305. The van der Waals surface area contributed by atoms with Crippen molar-refractivity contribution in [2.24, 2.45) is 0 Å². The fourth-order valence-electron chi connectivity index (χ4n) is 0.236. The van der Waals surface area contributed by atoms with Crippen molar-refractivity contribution in [2.75, 3.05) is 6.61 Å². The Morgan fingerprint density at radius 3 is 2.56 bits per heavy atom. The molecule has 3 nitrogen and oxygen atoms in total. The topological polar surface area (TPSA) is 43.4 Å². The molecule has 0 heterocycles. The molecule has 0 amide bonds. The number of rotatable bonds is 3. The third-order valence-electron chi connectivity index (χ3n) is 0.620. The van der Waals surface area contributed by atoms with E-state index in [1.807, 2.05) is 0 Å². The van der Waals surface area contributed by atoms with Crippen molar-refractivity contribution in [2.45, 2.75) is 6.92 Å². The summed E-state index contributed by atoms with van der Waals surface area (Å²) in [6, 6.07) is 0. The van der Waals surface area contributed by atoms with Gasteiger partial charge in [-0.15, -0.1) is 0 Å². The lowest BCUT2D eigenvalue weighted by Gasteiger charge is -1.94. The minimum atomic E-state index is -0.810. The molecular weight excluding hydrogens is 120 g/mol. The second-order valence-corrected chi connectivity index (χ2v) is 1.44. The molecule has 0 unspecified atom stereocenters. The minimum Gasteiger partial charge on any atom is -0.456 e. The number of hydrogen-bond donors (Lipinski definition) is 0. The Labute approximate surface area is 53.3 Å². The molecule has 0 saturated carbocycles. The van der Waals surface area contributed by atoms with Gasteiger partial charge in [-0.3, -0.25) is 4.79 Å². The van der Waals surface area contributed by atoms with Crippen LogP contribution in [0.5, 0.6) is 0 Å². The Morgan fingerprint density at radius 1 is 1.67 bits per heavy atom. The Kier molecular flexibility index (Phi) is 3.35. The van der Waals surface area contributed by atoms with Crippen LogP contribution >= 0.6 is 0 Å². The van der Waals surface area contributed by atoms with Gasteiger partial charge in [0.15, 0.2) is 0 Å². The standard InChI is InChI=1S/C6H8O3/c1-3-4-9-6(8)5(2)7/h3H,1,4H2,2H3. The van der Waals surface area contributed by atoms with Crippen LogP contribution in [-0.4, -0.2) is 18.4 Å². The minimum absolute atomic E-state index is 0.0956. The largest absolute Gasteiger partial charge is 0.456 e. The van der Waals surface area contributed by atoms with Crippen LogP contribution in [0.25, 0.3) is 0 Å². The van der Waals surface area contributed by atoms with Crippen molar-refractivity contribution >= 4 is 11.8 Å². The van der Waals surface area contributed by atoms with Crippen LogP contribution in [0.2, 0.25) is 0 Å². The molecular formula is C6H8O3. The van der Waals surface area contributed by atoms with Gasteiger partial charge in [0.2, 0.25) is 5.78 Å². The Hall–Kier alpha value is -1.12. The number of carbonyl (C=O) groups excluding carboxylic acids is 2. The molecule has 0 aliphatic rings. The molecule has 9 heavy (non-hydrogen) atoms. The Balaban J connectivity index is 3.51. The molecule has 0 aliphatic heterocycles. The highest BCUT2D eigenvalue weighted by atomic mass is 16.5. The summed E-state index contributed by atoms with van der Waals surface area (Å²) in [5.41, 5.74) is 0. The van der Waals surface area contributed by atoms with E-state index in [-0.39, 0.29) is 6.61 Å².